The molecular formula is C28H44N2O9. The number of hydrogen-bond acceptors (Lipinski definition) is 11. The van der Waals surface area contributed by atoms with Gasteiger partial charge in [-0.25, -0.2) is 0 Å². The number of para-hydroxylation sites is 4. The third-order valence-corrected chi connectivity index (χ3v) is 5.04. The molecule has 2 aromatic rings. The van der Waals surface area contributed by atoms with E-state index in [4.69, 9.17) is 54.1 Å². The molecule has 0 fully saturated rings. The first-order chi connectivity index (χ1) is 19.3. The van der Waals surface area contributed by atoms with Crippen molar-refractivity contribution in [3.63, 3.8) is 0 Å². The summed E-state index contributed by atoms with van der Waals surface area (Å²) in [6.07, 6.45) is 0. The minimum Gasteiger partial charge on any atom is -0.489 e. The number of nitrogens with two attached hydrogens (primary N) is 2. The van der Waals surface area contributed by atoms with Crippen molar-refractivity contribution < 1.29 is 42.6 Å². The van der Waals surface area contributed by atoms with Gasteiger partial charge in [0.1, 0.15) is 24.7 Å². The van der Waals surface area contributed by atoms with Crippen molar-refractivity contribution in [3.8, 4) is 11.5 Å². The zero-order valence-electron chi connectivity index (χ0n) is 22.8. The van der Waals surface area contributed by atoms with Gasteiger partial charge in [-0.05, 0) is 24.3 Å². The average Bonchev–Trinajstić information content (AvgIpc) is 2.95. The summed E-state index contributed by atoms with van der Waals surface area (Å²) in [6.45, 7) is 7.87. The van der Waals surface area contributed by atoms with Crippen molar-refractivity contribution in [2.45, 2.75) is 0 Å². The Bertz CT molecular complexity index is 777. The predicted molar refractivity (Wildman–Crippen MR) is 148 cm³/mol. The first-order valence-electron chi connectivity index (χ1n) is 13.3. The largest absolute Gasteiger partial charge is 0.489 e. The molecule has 0 heterocycles. The van der Waals surface area contributed by atoms with E-state index in [2.05, 4.69) is 0 Å². The summed E-state index contributed by atoms with van der Waals surface area (Å²) in [7, 11) is 0. The Morgan fingerprint density at radius 3 is 0.821 bits per heavy atom. The van der Waals surface area contributed by atoms with Crippen LogP contribution >= 0.6 is 0 Å². The highest BCUT2D eigenvalue weighted by Gasteiger charge is 2.00. The zero-order valence-corrected chi connectivity index (χ0v) is 22.8. The molecule has 0 aliphatic carbocycles. The predicted octanol–water partition coefficient (Wildman–Crippen LogP) is 2.43. The molecule has 2 rings (SSSR count). The van der Waals surface area contributed by atoms with Crippen LogP contribution in [0.4, 0.5) is 11.4 Å². The smallest absolute Gasteiger partial charge is 0.142 e. The first kappa shape index (κ1) is 32.6. The summed E-state index contributed by atoms with van der Waals surface area (Å²) in [5, 5.41) is 0. The lowest BCUT2D eigenvalue weighted by molar-refractivity contribution is -0.0218. The molecule has 2 aromatic carbocycles. The molecule has 11 heteroatoms. The number of benzene rings is 2. The topological polar surface area (TPSA) is 135 Å². The van der Waals surface area contributed by atoms with Crippen molar-refractivity contribution >= 4 is 11.4 Å². The van der Waals surface area contributed by atoms with E-state index < -0.39 is 0 Å². The highest BCUT2D eigenvalue weighted by Crippen LogP contribution is 2.20. The van der Waals surface area contributed by atoms with E-state index in [9.17, 15) is 0 Å². The Kier molecular flexibility index (Phi) is 19.4. The van der Waals surface area contributed by atoms with Crippen LogP contribution in [0, 0.1) is 0 Å². The van der Waals surface area contributed by atoms with Gasteiger partial charge in [0.15, 0.2) is 0 Å². The zero-order chi connectivity index (χ0) is 27.6. The molecule has 0 saturated heterocycles. The second kappa shape index (κ2) is 23.3. The fourth-order valence-corrected chi connectivity index (χ4v) is 3.07. The number of ether oxygens (including phenoxy) is 9. The monoisotopic (exact) mass is 552 g/mol. The van der Waals surface area contributed by atoms with Crippen LogP contribution in [0.2, 0.25) is 0 Å². The Balaban J connectivity index is 1.19. The van der Waals surface area contributed by atoms with E-state index in [0.29, 0.717) is 129 Å². The van der Waals surface area contributed by atoms with E-state index in [1.165, 1.54) is 0 Å². The van der Waals surface area contributed by atoms with E-state index in [1.807, 2.05) is 36.4 Å². The molecule has 0 saturated carbocycles. The summed E-state index contributed by atoms with van der Waals surface area (Å²) in [6, 6.07) is 14.8. The molecule has 11 nitrogen and oxygen atoms in total. The molecule has 0 aliphatic rings. The van der Waals surface area contributed by atoms with E-state index >= 15 is 0 Å². The maximum Gasteiger partial charge on any atom is 0.142 e. The number of nitrogen functional groups attached to an aromatic ring is 2. The van der Waals surface area contributed by atoms with E-state index in [-0.39, 0.29) is 0 Å². The van der Waals surface area contributed by atoms with Gasteiger partial charge in [0.25, 0.3) is 0 Å². The van der Waals surface area contributed by atoms with Crippen LogP contribution in [0.3, 0.4) is 0 Å². The second-order valence-electron chi connectivity index (χ2n) is 8.06. The van der Waals surface area contributed by atoms with Crippen molar-refractivity contribution in [1.29, 1.82) is 0 Å². The van der Waals surface area contributed by atoms with Crippen molar-refractivity contribution in [2.24, 2.45) is 0 Å². The summed E-state index contributed by atoms with van der Waals surface area (Å²) in [5.74, 6) is 1.34. The molecule has 4 N–H and O–H groups in total. The van der Waals surface area contributed by atoms with Crippen molar-refractivity contribution in [1.82, 2.24) is 0 Å². The SMILES string of the molecule is Nc1ccccc1OCCOCCOCCOCCOCCOCCOCCOCCOc1ccccc1N. The molecule has 0 aromatic heterocycles. The highest BCUT2D eigenvalue weighted by atomic mass is 16.6. The van der Waals surface area contributed by atoms with Gasteiger partial charge in [-0.1, -0.05) is 24.3 Å². The maximum atomic E-state index is 5.81. The van der Waals surface area contributed by atoms with Crippen molar-refractivity contribution in [3.05, 3.63) is 48.5 Å². The molecule has 0 unspecified atom stereocenters. The number of anilines is 2. The lowest BCUT2D eigenvalue weighted by atomic mass is 10.3. The third kappa shape index (κ3) is 17.5. The Labute approximate surface area is 231 Å². The first-order valence-corrected chi connectivity index (χ1v) is 13.3. The fraction of sp³-hybridized carbons (Fsp3) is 0.571. The molecule has 0 atom stereocenters. The summed E-state index contributed by atoms with van der Waals surface area (Å²) in [4.78, 5) is 0. The minimum absolute atomic E-state index is 0.440. The molecule has 39 heavy (non-hydrogen) atoms. The third-order valence-electron chi connectivity index (χ3n) is 5.04. The van der Waals surface area contributed by atoms with Crippen LogP contribution in [-0.4, -0.2) is 106 Å². The van der Waals surface area contributed by atoms with Gasteiger partial charge in [-0.2, -0.15) is 0 Å². The van der Waals surface area contributed by atoms with Crippen LogP contribution in [0.5, 0.6) is 11.5 Å². The van der Waals surface area contributed by atoms with Crippen LogP contribution in [0.25, 0.3) is 0 Å². The average molecular weight is 553 g/mol. The fourth-order valence-electron chi connectivity index (χ4n) is 3.07. The maximum absolute atomic E-state index is 5.81. The minimum atomic E-state index is 0.440. The van der Waals surface area contributed by atoms with Gasteiger partial charge >= 0.3 is 0 Å². The van der Waals surface area contributed by atoms with Gasteiger partial charge in [0.2, 0.25) is 0 Å². The molecule has 0 radical (unpaired) electrons. The lowest BCUT2D eigenvalue weighted by Crippen LogP contribution is -2.15. The van der Waals surface area contributed by atoms with Gasteiger partial charge in [0, 0.05) is 0 Å². The summed E-state index contributed by atoms with van der Waals surface area (Å²) >= 11 is 0. The van der Waals surface area contributed by atoms with E-state index in [1.54, 1.807) is 12.1 Å². The highest BCUT2D eigenvalue weighted by molar-refractivity contribution is 5.52. The van der Waals surface area contributed by atoms with Crippen LogP contribution < -0.4 is 20.9 Å². The van der Waals surface area contributed by atoms with E-state index in [0.717, 1.165) is 0 Å². The summed E-state index contributed by atoms with van der Waals surface area (Å²) < 4.78 is 49.3. The quantitative estimate of drug-likeness (QED) is 0.132. The molecular weight excluding hydrogens is 508 g/mol. The normalized spacial score (nSPS) is 11.1. The Morgan fingerprint density at radius 2 is 0.564 bits per heavy atom. The van der Waals surface area contributed by atoms with Crippen LogP contribution in [0.15, 0.2) is 48.5 Å². The standard InChI is InChI=1S/C28H44N2O9/c29-25-5-1-3-7-27(25)38-23-21-36-19-17-34-15-13-32-11-9-31-10-12-33-14-16-35-18-20-37-22-24-39-28-8-4-2-6-26(28)30/h1-8H,9-24,29-30H2. The Hall–Kier alpha value is -2.64. The second-order valence-corrected chi connectivity index (χ2v) is 8.06. The molecule has 0 aliphatic heterocycles. The van der Waals surface area contributed by atoms with Crippen molar-refractivity contribution in [2.75, 3.05) is 117 Å². The summed E-state index contributed by atoms with van der Waals surface area (Å²) in [5.41, 5.74) is 12.9. The number of hydrogen-bond donors (Lipinski definition) is 2. The lowest BCUT2D eigenvalue weighted by Gasteiger charge is -2.10. The molecule has 0 spiro atoms. The molecule has 0 bridgehead atoms. The van der Waals surface area contributed by atoms with Gasteiger partial charge in [-0.15, -0.1) is 0 Å². The van der Waals surface area contributed by atoms with Crippen LogP contribution in [-0.2, 0) is 33.2 Å². The molecule has 220 valence electrons. The van der Waals surface area contributed by atoms with Crippen LogP contribution in [0.1, 0.15) is 0 Å². The van der Waals surface area contributed by atoms with Gasteiger partial charge in [0.05, 0.1) is 104 Å². The van der Waals surface area contributed by atoms with Gasteiger partial charge in [-0.3, -0.25) is 0 Å². The Morgan fingerprint density at radius 1 is 0.333 bits per heavy atom. The molecule has 0 amide bonds. The van der Waals surface area contributed by atoms with Gasteiger partial charge < -0.3 is 54.1 Å². The number of rotatable bonds is 26.